The minimum absolute atomic E-state index is 0. The van der Waals surface area contributed by atoms with Crippen LogP contribution in [0.15, 0.2) is 29.3 Å². The van der Waals surface area contributed by atoms with Crippen molar-refractivity contribution in [2.75, 3.05) is 64.0 Å². The van der Waals surface area contributed by atoms with E-state index in [-0.39, 0.29) is 29.8 Å². The number of anilines is 1. The summed E-state index contributed by atoms with van der Waals surface area (Å²) < 4.78 is 38.6. The molecule has 2 rings (SSSR count). The lowest BCUT2D eigenvalue weighted by Gasteiger charge is -2.37. The van der Waals surface area contributed by atoms with Crippen molar-refractivity contribution in [3.63, 3.8) is 0 Å². The summed E-state index contributed by atoms with van der Waals surface area (Å²) in [5, 5.41) is 3.30. The van der Waals surface area contributed by atoms with E-state index in [1.54, 1.807) is 19.2 Å². The van der Waals surface area contributed by atoms with E-state index in [1.807, 2.05) is 17.9 Å². The van der Waals surface area contributed by atoms with Crippen molar-refractivity contribution >= 4 is 45.6 Å². The number of halogens is 2. The number of para-hydroxylation sites is 1. The lowest BCUT2D eigenvalue weighted by atomic mass is 10.2. The Morgan fingerprint density at radius 1 is 1.25 bits per heavy atom. The fraction of sp³-hybridized carbons (Fsp3) is 0.611. The molecule has 1 fully saturated rings. The zero-order valence-electron chi connectivity index (χ0n) is 16.8. The van der Waals surface area contributed by atoms with E-state index in [0.29, 0.717) is 31.7 Å². The van der Waals surface area contributed by atoms with Crippen LogP contribution in [0.25, 0.3) is 0 Å². The first-order valence-corrected chi connectivity index (χ1v) is 11.1. The van der Waals surface area contributed by atoms with Crippen molar-refractivity contribution in [3.8, 4) is 0 Å². The van der Waals surface area contributed by atoms with Gasteiger partial charge in [0.05, 0.1) is 11.9 Å². The second kappa shape index (κ2) is 11.8. The fourth-order valence-electron chi connectivity index (χ4n) is 3.21. The van der Waals surface area contributed by atoms with Crippen molar-refractivity contribution < 1.29 is 12.8 Å². The molecule has 0 amide bonds. The molecule has 1 heterocycles. The molecule has 1 N–H and O–H groups in total. The molecule has 1 aliphatic heterocycles. The number of nitrogens with zero attached hydrogens (tertiary/aromatic N) is 4. The third-order valence-electron chi connectivity index (χ3n) is 4.67. The molecule has 1 aliphatic rings. The van der Waals surface area contributed by atoms with E-state index in [0.717, 1.165) is 32.1 Å². The second-order valence-electron chi connectivity index (χ2n) is 6.51. The summed E-state index contributed by atoms with van der Waals surface area (Å²) in [6.45, 7) is 6.39. The molecule has 1 aromatic carbocycles. The molecule has 1 aromatic rings. The summed E-state index contributed by atoms with van der Waals surface area (Å²) in [4.78, 5) is 8.51. The Morgan fingerprint density at radius 2 is 1.89 bits per heavy atom. The molecule has 0 bridgehead atoms. The zero-order chi connectivity index (χ0) is 19.9. The van der Waals surface area contributed by atoms with Crippen molar-refractivity contribution in [1.29, 1.82) is 0 Å². The molecule has 0 saturated carbocycles. The van der Waals surface area contributed by atoms with Gasteiger partial charge in [-0.1, -0.05) is 19.1 Å². The first kappa shape index (κ1) is 24.9. The summed E-state index contributed by atoms with van der Waals surface area (Å²) in [7, 11) is -1.41. The Labute approximate surface area is 185 Å². The molecule has 0 unspecified atom stereocenters. The molecule has 0 aromatic heterocycles. The predicted octanol–water partition coefficient (Wildman–Crippen LogP) is 1.81. The monoisotopic (exact) mass is 527 g/mol. The Morgan fingerprint density at radius 3 is 2.43 bits per heavy atom. The smallest absolute Gasteiger partial charge is 0.211 e. The Kier molecular flexibility index (Phi) is 10.5. The molecule has 28 heavy (non-hydrogen) atoms. The van der Waals surface area contributed by atoms with E-state index in [2.05, 4.69) is 15.2 Å². The highest BCUT2D eigenvalue weighted by Gasteiger charge is 2.21. The van der Waals surface area contributed by atoms with Crippen LogP contribution in [-0.2, 0) is 10.0 Å². The van der Waals surface area contributed by atoms with E-state index < -0.39 is 10.0 Å². The number of piperazine rings is 1. The van der Waals surface area contributed by atoms with Crippen LogP contribution in [-0.4, -0.2) is 82.7 Å². The topological polar surface area (TPSA) is 68.2 Å². The van der Waals surface area contributed by atoms with Gasteiger partial charge in [-0.3, -0.25) is 4.99 Å². The van der Waals surface area contributed by atoms with E-state index in [1.165, 1.54) is 16.6 Å². The molecule has 1 saturated heterocycles. The number of hydrogen-bond acceptors (Lipinski definition) is 4. The number of rotatable bonds is 7. The number of nitrogens with one attached hydrogen (secondary N) is 1. The Bertz CT molecular complexity index is 739. The van der Waals surface area contributed by atoms with Gasteiger partial charge in [-0.05, 0) is 18.6 Å². The number of aliphatic imine (C=N–C) groups is 1. The largest absolute Gasteiger partial charge is 0.366 e. The van der Waals surface area contributed by atoms with Crippen LogP contribution in [0.1, 0.15) is 13.3 Å². The van der Waals surface area contributed by atoms with Gasteiger partial charge in [-0.25, -0.2) is 17.1 Å². The van der Waals surface area contributed by atoms with Crippen LogP contribution < -0.4 is 10.2 Å². The van der Waals surface area contributed by atoms with Crippen LogP contribution in [0.4, 0.5) is 10.1 Å². The van der Waals surface area contributed by atoms with Crippen LogP contribution in [0.3, 0.4) is 0 Å². The minimum atomic E-state index is -3.15. The number of benzene rings is 1. The Balaban J connectivity index is 0.00000392. The normalized spacial score (nSPS) is 15.5. The highest BCUT2D eigenvalue weighted by molar-refractivity contribution is 14.0. The molecule has 0 radical (unpaired) electrons. The maximum atomic E-state index is 13.9. The van der Waals surface area contributed by atoms with Gasteiger partial charge in [0.25, 0.3) is 0 Å². The SMILES string of the molecule is CCN(CCCNC(=NC)N1CCN(c2ccccc2F)CC1)S(C)(=O)=O.I. The summed E-state index contributed by atoms with van der Waals surface area (Å²) in [6, 6.07) is 6.84. The molecular formula is C18H31FIN5O2S. The van der Waals surface area contributed by atoms with Gasteiger partial charge in [0.15, 0.2) is 5.96 Å². The standard InChI is InChI=1S/C18H30FN5O2S.HI/c1-4-24(27(3,25)26)11-7-10-21-18(20-2)23-14-12-22(13-15-23)17-9-6-5-8-16(17)19;/h5-6,8-9H,4,7,10-15H2,1-3H3,(H,20,21);1H. The van der Waals surface area contributed by atoms with E-state index in [9.17, 15) is 12.8 Å². The summed E-state index contributed by atoms with van der Waals surface area (Å²) >= 11 is 0. The van der Waals surface area contributed by atoms with Crippen molar-refractivity contribution in [3.05, 3.63) is 30.1 Å². The molecule has 0 spiro atoms. The molecule has 0 atom stereocenters. The lowest BCUT2D eigenvalue weighted by molar-refractivity contribution is 0.368. The molecule has 0 aliphatic carbocycles. The second-order valence-corrected chi connectivity index (χ2v) is 8.49. The van der Waals surface area contributed by atoms with Crippen molar-refractivity contribution in [2.24, 2.45) is 4.99 Å². The summed E-state index contributed by atoms with van der Waals surface area (Å²) in [5.41, 5.74) is 0.639. The third kappa shape index (κ3) is 7.03. The predicted molar refractivity (Wildman–Crippen MR) is 124 cm³/mol. The average molecular weight is 527 g/mol. The highest BCUT2D eigenvalue weighted by atomic mass is 127. The maximum absolute atomic E-state index is 13.9. The van der Waals surface area contributed by atoms with Gasteiger partial charge in [-0.15, -0.1) is 24.0 Å². The van der Waals surface area contributed by atoms with Gasteiger partial charge < -0.3 is 15.1 Å². The number of sulfonamides is 1. The van der Waals surface area contributed by atoms with Gasteiger partial charge in [0.1, 0.15) is 5.82 Å². The third-order valence-corrected chi connectivity index (χ3v) is 6.05. The van der Waals surface area contributed by atoms with Gasteiger partial charge >= 0.3 is 0 Å². The maximum Gasteiger partial charge on any atom is 0.211 e. The molecule has 160 valence electrons. The Hall–Kier alpha value is -1.14. The van der Waals surface area contributed by atoms with Crippen molar-refractivity contribution in [1.82, 2.24) is 14.5 Å². The van der Waals surface area contributed by atoms with Crippen LogP contribution >= 0.6 is 24.0 Å². The van der Waals surface area contributed by atoms with Gasteiger partial charge in [-0.2, -0.15) is 0 Å². The van der Waals surface area contributed by atoms with Gasteiger partial charge in [0.2, 0.25) is 10.0 Å². The highest BCUT2D eigenvalue weighted by Crippen LogP contribution is 2.20. The first-order valence-electron chi connectivity index (χ1n) is 9.27. The number of guanidine groups is 1. The quantitative estimate of drug-likeness (QED) is 0.254. The summed E-state index contributed by atoms with van der Waals surface area (Å²) in [5.74, 6) is 0.602. The van der Waals surface area contributed by atoms with E-state index in [4.69, 9.17) is 0 Å². The molecule has 10 heteroatoms. The first-order chi connectivity index (χ1) is 12.9. The van der Waals surface area contributed by atoms with Crippen LogP contribution in [0.5, 0.6) is 0 Å². The fourth-order valence-corrected chi connectivity index (χ4v) is 4.14. The molecule has 7 nitrogen and oxygen atoms in total. The lowest BCUT2D eigenvalue weighted by Crippen LogP contribution is -2.53. The zero-order valence-corrected chi connectivity index (χ0v) is 19.9. The van der Waals surface area contributed by atoms with Gasteiger partial charge in [0, 0.05) is 52.9 Å². The molecular weight excluding hydrogens is 496 g/mol. The van der Waals surface area contributed by atoms with Crippen LogP contribution in [0.2, 0.25) is 0 Å². The van der Waals surface area contributed by atoms with Crippen molar-refractivity contribution in [2.45, 2.75) is 13.3 Å². The summed E-state index contributed by atoms with van der Waals surface area (Å²) in [6.07, 6.45) is 1.94. The minimum Gasteiger partial charge on any atom is -0.366 e. The number of hydrogen-bond donors (Lipinski definition) is 1. The average Bonchev–Trinajstić information content (AvgIpc) is 2.64. The van der Waals surface area contributed by atoms with E-state index >= 15 is 0 Å². The van der Waals surface area contributed by atoms with Crippen LogP contribution in [0, 0.1) is 5.82 Å².